The molecule has 0 radical (unpaired) electrons. The minimum Gasteiger partial charge on any atom is -0.486 e. The molecule has 1 saturated heterocycles. The van der Waals surface area contributed by atoms with Gasteiger partial charge in [0.2, 0.25) is 0 Å². The van der Waals surface area contributed by atoms with Gasteiger partial charge in [0.15, 0.2) is 0 Å². The number of carbonyl (C=O) groups is 1. The summed E-state index contributed by atoms with van der Waals surface area (Å²) in [6.45, 7) is 0.412. The largest absolute Gasteiger partial charge is 0.486 e. The fraction of sp³-hybridized carbons (Fsp3) is 0.0714. The van der Waals surface area contributed by atoms with Crippen LogP contribution in [0.4, 0.5) is 0 Å². The van der Waals surface area contributed by atoms with Crippen LogP contribution in [0.3, 0.4) is 0 Å². The molecule has 0 saturated carbocycles. The average Bonchev–Trinajstić information content (AvgIpc) is 3.05. The van der Waals surface area contributed by atoms with Crippen LogP contribution in [0.1, 0.15) is 10.7 Å². The van der Waals surface area contributed by atoms with Gasteiger partial charge in [-0.3, -0.25) is 4.79 Å². The van der Waals surface area contributed by atoms with E-state index in [1.165, 1.54) is 23.1 Å². The third-order valence-corrected chi connectivity index (χ3v) is 4.60. The Kier molecular flexibility index (Phi) is 4.33. The van der Waals surface area contributed by atoms with Gasteiger partial charge in [0.25, 0.3) is 5.91 Å². The Hall–Kier alpha value is -1.70. The highest BCUT2D eigenvalue weighted by atomic mass is 32.2. The molecule has 1 fully saturated rings. The number of hydrogen-bond donors (Lipinski definition) is 1. The highest BCUT2D eigenvalue weighted by Gasteiger charge is 2.22. The number of rotatable bonds is 4. The van der Waals surface area contributed by atoms with E-state index in [4.69, 9.17) is 17.0 Å². The van der Waals surface area contributed by atoms with Crippen LogP contribution in [0.25, 0.3) is 6.08 Å². The van der Waals surface area contributed by atoms with Gasteiger partial charge in [-0.1, -0.05) is 42.2 Å². The second kappa shape index (κ2) is 6.38. The monoisotopic (exact) mass is 334 g/mol. The molecule has 1 aromatic carbocycles. The number of para-hydroxylation sites is 1. The van der Waals surface area contributed by atoms with E-state index in [1.54, 1.807) is 6.08 Å². The molecule has 0 unspecified atom stereocenters. The SMILES string of the molecule is O=C1NC(=S)SC1=Cc1csc(COc2ccccc2)n1. The molecule has 1 amide bonds. The van der Waals surface area contributed by atoms with Crippen molar-refractivity contribution in [3.8, 4) is 5.75 Å². The topological polar surface area (TPSA) is 51.2 Å². The van der Waals surface area contributed by atoms with Gasteiger partial charge in [-0.2, -0.15) is 0 Å². The molecule has 0 spiro atoms. The summed E-state index contributed by atoms with van der Waals surface area (Å²) in [5, 5.41) is 5.33. The van der Waals surface area contributed by atoms with Crippen LogP contribution in [0.2, 0.25) is 0 Å². The van der Waals surface area contributed by atoms with Gasteiger partial charge in [-0.15, -0.1) is 11.3 Å². The van der Waals surface area contributed by atoms with Gasteiger partial charge in [0.05, 0.1) is 10.6 Å². The Morgan fingerprint density at radius 3 is 2.86 bits per heavy atom. The molecule has 1 aliphatic heterocycles. The summed E-state index contributed by atoms with van der Waals surface area (Å²) in [5.74, 6) is 0.642. The Bertz CT molecular complexity index is 710. The molecule has 1 aromatic heterocycles. The smallest absolute Gasteiger partial charge is 0.263 e. The number of nitrogens with zero attached hydrogens (tertiary/aromatic N) is 1. The number of hydrogen-bond acceptors (Lipinski definition) is 6. The lowest BCUT2D eigenvalue weighted by atomic mass is 10.3. The number of thioether (sulfide) groups is 1. The number of carbonyl (C=O) groups excluding carboxylic acids is 1. The molecule has 4 nitrogen and oxygen atoms in total. The zero-order valence-corrected chi connectivity index (χ0v) is 13.2. The van der Waals surface area contributed by atoms with E-state index in [0.717, 1.165) is 16.5 Å². The van der Waals surface area contributed by atoms with Crippen molar-refractivity contribution in [1.82, 2.24) is 10.3 Å². The number of nitrogens with one attached hydrogen (secondary N) is 1. The molecule has 106 valence electrons. The van der Waals surface area contributed by atoms with Crippen LogP contribution in [-0.2, 0) is 11.4 Å². The van der Waals surface area contributed by atoms with Crippen molar-refractivity contribution in [1.29, 1.82) is 0 Å². The summed E-state index contributed by atoms with van der Waals surface area (Å²) < 4.78 is 6.12. The van der Waals surface area contributed by atoms with Crippen molar-refractivity contribution in [2.75, 3.05) is 0 Å². The van der Waals surface area contributed by atoms with Crippen molar-refractivity contribution >= 4 is 51.6 Å². The standard InChI is InChI=1S/C14H10N2O2S3/c17-13-11(21-14(19)16-13)6-9-8-20-12(15-9)7-18-10-4-2-1-3-5-10/h1-6,8H,7H2,(H,16,17,19). The molecule has 2 heterocycles. The third kappa shape index (κ3) is 3.69. The normalized spacial score (nSPS) is 16.3. The van der Waals surface area contributed by atoms with E-state index in [1.807, 2.05) is 35.7 Å². The summed E-state index contributed by atoms with van der Waals surface area (Å²) in [5.41, 5.74) is 0.744. The van der Waals surface area contributed by atoms with E-state index in [-0.39, 0.29) is 5.91 Å². The van der Waals surface area contributed by atoms with Crippen molar-refractivity contribution in [2.24, 2.45) is 0 Å². The maximum absolute atomic E-state index is 11.6. The Labute approximate surface area is 135 Å². The number of ether oxygens (including phenoxy) is 1. The van der Waals surface area contributed by atoms with Crippen LogP contribution in [-0.4, -0.2) is 15.2 Å². The summed E-state index contributed by atoms with van der Waals surface area (Å²) in [6.07, 6.45) is 1.74. The second-order valence-electron chi connectivity index (χ2n) is 4.12. The first-order valence-electron chi connectivity index (χ1n) is 6.08. The molecule has 0 bridgehead atoms. The van der Waals surface area contributed by atoms with Crippen LogP contribution >= 0.6 is 35.3 Å². The van der Waals surface area contributed by atoms with Crippen molar-refractivity contribution in [3.05, 3.63) is 51.3 Å². The third-order valence-electron chi connectivity index (χ3n) is 2.60. The molecule has 3 rings (SSSR count). The van der Waals surface area contributed by atoms with Gasteiger partial charge in [0.1, 0.15) is 21.7 Å². The minimum absolute atomic E-state index is 0.167. The predicted octanol–water partition coefficient (Wildman–Crippen LogP) is 3.21. The molecule has 7 heteroatoms. The second-order valence-corrected chi connectivity index (χ2v) is 6.78. The molecule has 1 aliphatic rings. The first-order valence-corrected chi connectivity index (χ1v) is 8.18. The zero-order chi connectivity index (χ0) is 14.7. The minimum atomic E-state index is -0.167. The van der Waals surface area contributed by atoms with Crippen molar-refractivity contribution < 1.29 is 9.53 Å². The fourth-order valence-electron chi connectivity index (χ4n) is 1.67. The van der Waals surface area contributed by atoms with E-state index in [0.29, 0.717) is 15.8 Å². The van der Waals surface area contributed by atoms with Gasteiger partial charge < -0.3 is 10.1 Å². The number of amides is 1. The quantitative estimate of drug-likeness (QED) is 0.687. The first kappa shape index (κ1) is 14.2. The lowest BCUT2D eigenvalue weighted by molar-refractivity contribution is -0.115. The number of benzene rings is 1. The van der Waals surface area contributed by atoms with Crippen LogP contribution in [0, 0.1) is 0 Å². The van der Waals surface area contributed by atoms with E-state index >= 15 is 0 Å². The lowest BCUT2D eigenvalue weighted by Gasteiger charge is -2.02. The van der Waals surface area contributed by atoms with Gasteiger partial charge in [-0.05, 0) is 18.2 Å². The van der Waals surface area contributed by atoms with Crippen molar-refractivity contribution in [3.63, 3.8) is 0 Å². The number of aromatic nitrogens is 1. The zero-order valence-electron chi connectivity index (χ0n) is 10.7. The highest BCUT2D eigenvalue weighted by molar-refractivity contribution is 8.26. The Morgan fingerprint density at radius 1 is 1.33 bits per heavy atom. The molecule has 2 aromatic rings. The lowest BCUT2D eigenvalue weighted by Crippen LogP contribution is -2.17. The summed E-state index contributed by atoms with van der Waals surface area (Å²) in [4.78, 5) is 16.6. The summed E-state index contributed by atoms with van der Waals surface area (Å²) in [6, 6.07) is 9.58. The highest BCUT2D eigenvalue weighted by Crippen LogP contribution is 2.26. The van der Waals surface area contributed by atoms with Crippen LogP contribution < -0.4 is 10.1 Å². The Balaban J connectivity index is 1.65. The number of thiocarbonyl (C=S) groups is 1. The van der Waals surface area contributed by atoms with Gasteiger partial charge in [0, 0.05) is 5.38 Å². The van der Waals surface area contributed by atoms with E-state index in [2.05, 4.69) is 10.3 Å². The van der Waals surface area contributed by atoms with Crippen molar-refractivity contribution in [2.45, 2.75) is 6.61 Å². The molecular formula is C14H10N2O2S3. The van der Waals surface area contributed by atoms with E-state index < -0.39 is 0 Å². The molecule has 21 heavy (non-hydrogen) atoms. The summed E-state index contributed by atoms with van der Waals surface area (Å²) >= 11 is 7.70. The van der Waals surface area contributed by atoms with Gasteiger partial charge in [-0.25, -0.2) is 4.98 Å². The molecular weight excluding hydrogens is 324 g/mol. The Morgan fingerprint density at radius 2 is 2.14 bits per heavy atom. The fourth-order valence-corrected chi connectivity index (χ4v) is 3.37. The predicted molar refractivity (Wildman–Crippen MR) is 89.2 cm³/mol. The number of thiazole rings is 1. The first-order chi connectivity index (χ1) is 10.2. The maximum Gasteiger partial charge on any atom is 0.263 e. The van der Waals surface area contributed by atoms with Crippen LogP contribution in [0.5, 0.6) is 5.75 Å². The molecule has 1 N–H and O–H groups in total. The molecule has 0 atom stereocenters. The van der Waals surface area contributed by atoms with Crippen LogP contribution in [0.15, 0.2) is 40.6 Å². The van der Waals surface area contributed by atoms with E-state index in [9.17, 15) is 4.79 Å². The maximum atomic E-state index is 11.6. The average molecular weight is 334 g/mol. The molecule has 0 aliphatic carbocycles. The summed E-state index contributed by atoms with van der Waals surface area (Å²) in [7, 11) is 0. The van der Waals surface area contributed by atoms with Gasteiger partial charge >= 0.3 is 0 Å².